The molecule has 2 aromatic carbocycles. The van der Waals surface area contributed by atoms with Gasteiger partial charge >= 0.3 is 0 Å². The Bertz CT molecular complexity index is 1180. The minimum Gasteiger partial charge on any atom is -0.339 e. The third kappa shape index (κ3) is 5.10. The molecular formula is C24H20ClN3O2S. The van der Waals surface area contributed by atoms with Gasteiger partial charge in [0.1, 0.15) is 6.04 Å². The van der Waals surface area contributed by atoms with Crippen molar-refractivity contribution in [2.24, 2.45) is 0 Å². The van der Waals surface area contributed by atoms with Gasteiger partial charge in [-0.1, -0.05) is 53.6 Å². The quantitative estimate of drug-likeness (QED) is 0.391. The van der Waals surface area contributed by atoms with Crippen LogP contribution in [-0.2, 0) is 6.54 Å². The molecule has 0 saturated heterocycles. The normalized spacial score (nSPS) is 11.8. The van der Waals surface area contributed by atoms with Gasteiger partial charge in [0, 0.05) is 27.9 Å². The third-order valence-electron chi connectivity index (χ3n) is 4.87. The molecule has 0 aliphatic heterocycles. The molecule has 1 amide bonds. The summed E-state index contributed by atoms with van der Waals surface area (Å²) in [5, 5.41) is 3.57. The maximum atomic E-state index is 13.2. The molecule has 1 N–H and O–H groups in total. The predicted molar refractivity (Wildman–Crippen MR) is 124 cm³/mol. The molecule has 4 aromatic rings. The molecule has 0 spiro atoms. The highest BCUT2D eigenvalue weighted by molar-refractivity contribution is 7.17. The van der Waals surface area contributed by atoms with Gasteiger partial charge in [0.25, 0.3) is 5.91 Å². The Morgan fingerprint density at radius 3 is 2.48 bits per heavy atom. The molecule has 2 aromatic heterocycles. The van der Waals surface area contributed by atoms with E-state index in [1.807, 2.05) is 49.4 Å². The van der Waals surface area contributed by atoms with Crippen LogP contribution in [0, 0.1) is 6.92 Å². The highest BCUT2D eigenvalue weighted by Crippen LogP contribution is 2.29. The first kappa shape index (κ1) is 21.0. The summed E-state index contributed by atoms with van der Waals surface area (Å²) >= 11 is 7.33. The second-order valence-corrected chi connectivity index (χ2v) is 8.71. The van der Waals surface area contributed by atoms with E-state index in [0.29, 0.717) is 22.0 Å². The maximum absolute atomic E-state index is 13.2. The van der Waals surface area contributed by atoms with E-state index in [1.54, 1.807) is 41.5 Å². The first-order valence-corrected chi connectivity index (χ1v) is 10.9. The Morgan fingerprint density at radius 2 is 1.81 bits per heavy atom. The number of carbonyl (C=O) groups excluding carboxylic acids is 2. The number of carbonyl (C=O) groups is 2. The molecule has 2 heterocycles. The Hall–Kier alpha value is -3.22. The van der Waals surface area contributed by atoms with Crippen molar-refractivity contribution >= 4 is 34.6 Å². The Morgan fingerprint density at radius 1 is 1.06 bits per heavy atom. The van der Waals surface area contributed by atoms with Crippen molar-refractivity contribution in [2.75, 3.05) is 0 Å². The lowest BCUT2D eigenvalue weighted by Gasteiger charge is -2.18. The number of hydrogen-bond donors (Lipinski definition) is 1. The largest absolute Gasteiger partial charge is 0.339 e. The molecule has 31 heavy (non-hydrogen) atoms. The lowest BCUT2D eigenvalue weighted by molar-refractivity contribution is 0.0850. The van der Waals surface area contributed by atoms with Crippen LogP contribution in [0.5, 0.6) is 0 Å². The van der Waals surface area contributed by atoms with E-state index in [2.05, 4.69) is 10.3 Å². The van der Waals surface area contributed by atoms with E-state index in [0.717, 1.165) is 16.0 Å². The molecule has 1 atom stereocenters. The molecular weight excluding hydrogens is 430 g/mol. The highest BCUT2D eigenvalue weighted by atomic mass is 35.5. The van der Waals surface area contributed by atoms with Gasteiger partial charge in [-0.05, 0) is 36.8 Å². The summed E-state index contributed by atoms with van der Waals surface area (Å²) in [6.07, 6.45) is 5.05. The number of thiophene rings is 1. The average molecular weight is 450 g/mol. The van der Waals surface area contributed by atoms with Gasteiger partial charge in [0.05, 0.1) is 17.7 Å². The monoisotopic (exact) mass is 449 g/mol. The number of aryl methyl sites for hydroxylation is 1. The van der Waals surface area contributed by atoms with Crippen LogP contribution in [-0.4, -0.2) is 27.3 Å². The summed E-state index contributed by atoms with van der Waals surface area (Å²) in [5.41, 5.74) is 2.61. The molecule has 0 saturated carbocycles. The Labute approximate surface area is 189 Å². The lowest BCUT2D eigenvalue weighted by atomic mass is 10.0. The number of nitrogens with one attached hydrogen (secondary N) is 1. The second kappa shape index (κ2) is 9.29. The van der Waals surface area contributed by atoms with Gasteiger partial charge in [0.15, 0.2) is 5.78 Å². The Kier molecular flexibility index (Phi) is 6.30. The van der Waals surface area contributed by atoms with Crippen molar-refractivity contribution in [1.82, 2.24) is 14.9 Å². The minimum atomic E-state index is -0.717. The fourth-order valence-electron chi connectivity index (χ4n) is 3.18. The number of ketones is 1. The third-order valence-corrected chi connectivity index (χ3v) is 6.25. The first-order chi connectivity index (χ1) is 15.0. The number of aromatic nitrogens is 2. The number of amides is 1. The molecule has 0 aliphatic carbocycles. The number of hydrogen-bond acceptors (Lipinski definition) is 4. The number of halogens is 1. The zero-order chi connectivity index (χ0) is 21.8. The van der Waals surface area contributed by atoms with Crippen LogP contribution in [0.25, 0.3) is 10.4 Å². The van der Waals surface area contributed by atoms with E-state index < -0.39 is 6.04 Å². The molecule has 0 bridgehead atoms. The smallest absolute Gasteiger partial charge is 0.262 e. The fraction of sp³-hybridized carbons (Fsp3) is 0.125. The molecule has 7 heteroatoms. The summed E-state index contributed by atoms with van der Waals surface area (Å²) in [5.74, 6) is -0.424. The summed E-state index contributed by atoms with van der Waals surface area (Å²) in [6, 6.07) is 17.8. The molecule has 0 radical (unpaired) electrons. The zero-order valence-electron chi connectivity index (χ0n) is 16.8. The SMILES string of the molecule is Cc1ccc(C(=O)C(Cn2ccnc2)NC(=O)c2ccc(-c3ccc(Cl)cc3)s2)cc1. The van der Waals surface area contributed by atoms with Crippen molar-refractivity contribution < 1.29 is 9.59 Å². The molecule has 1 unspecified atom stereocenters. The first-order valence-electron chi connectivity index (χ1n) is 9.73. The van der Waals surface area contributed by atoms with E-state index in [9.17, 15) is 9.59 Å². The summed E-state index contributed by atoms with van der Waals surface area (Å²) in [4.78, 5) is 31.6. The summed E-state index contributed by atoms with van der Waals surface area (Å²) in [7, 11) is 0. The molecule has 0 aliphatic rings. The van der Waals surface area contributed by atoms with Crippen molar-refractivity contribution in [2.45, 2.75) is 19.5 Å². The predicted octanol–water partition coefficient (Wildman–Crippen LogP) is 5.25. The number of Topliss-reactive ketones (excluding diaryl/α,β-unsaturated/α-hetero) is 1. The van der Waals surface area contributed by atoms with Crippen molar-refractivity contribution in [1.29, 1.82) is 0 Å². The van der Waals surface area contributed by atoms with Crippen LogP contribution in [0.1, 0.15) is 25.6 Å². The van der Waals surface area contributed by atoms with Gasteiger partial charge in [-0.3, -0.25) is 9.59 Å². The molecule has 4 rings (SSSR count). The fourth-order valence-corrected chi connectivity index (χ4v) is 4.22. The van der Waals surface area contributed by atoms with Crippen molar-refractivity contribution in [3.8, 4) is 10.4 Å². The second-order valence-electron chi connectivity index (χ2n) is 7.19. The lowest BCUT2D eigenvalue weighted by Crippen LogP contribution is -2.43. The number of nitrogens with zero attached hydrogens (tertiary/aromatic N) is 2. The standard InChI is InChI=1S/C24H20ClN3O2S/c1-16-2-4-18(5-3-16)23(29)20(14-28-13-12-26-15-28)27-24(30)22-11-10-21(31-22)17-6-8-19(25)9-7-17/h2-13,15,20H,14H2,1H3,(H,27,30). The van der Waals surface area contributed by atoms with Gasteiger partial charge in [-0.25, -0.2) is 4.98 Å². The van der Waals surface area contributed by atoms with Crippen LogP contribution in [0.15, 0.2) is 79.4 Å². The van der Waals surface area contributed by atoms with Crippen LogP contribution < -0.4 is 5.32 Å². The van der Waals surface area contributed by atoms with Gasteiger partial charge < -0.3 is 9.88 Å². The number of benzene rings is 2. The number of rotatable bonds is 7. The van der Waals surface area contributed by atoms with Crippen LogP contribution in [0.2, 0.25) is 5.02 Å². The summed E-state index contributed by atoms with van der Waals surface area (Å²) in [6.45, 7) is 2.27. The molecule has 0 fully saturated rings. The zero-order valence-corrected chi connectivity index (χ0v) is 18.4. The highest BCUT2D eigenvalue weighted by Gasteiger charge is 2.24. The molecule has 5 nitrogen and oxygen atoms in total. The molecule has 156 valence electrons. The van der Waals surface area contributed by atoms with E-state index >= 15 is 0 Å². The van der Waals surface area contributed by atoms with Gasteiger partial charge in [0.2, 0.25) is 0 Å². The van der Waals surface area contributed by atoms with Crippen LogP contribution in [0.4, 0.5) is 0 Å². The van der Waals surface area contributed by atoms with Crippen LogP contribution in [0.3, 0.4) is 0 Å². The number of imidazole rings is 1. The van der Waals surface area contributed by atoms with E-state index in [-0.39, 0.29) is 11.7 Å². The van der Waals surface area contributed by atoms with E-state index in [4.69, 9.17) is 11.6 Å². The summed E-state index contributed by atoms with van der Waals surface area (Å²) < 4.78 is 1.78. The Balaban J connectivity index is 1.54. The van der Waals surface area contributed by atoms with Crippen LogP contribution >= 0.6 is 22.9 Å². The van der Waals surface area contributed by atoms with E-state index in [1.165, 1.54) is 11.3 Å². The minimum absolute atomic E-state index is 0.142. The van der Waals surface area contributed by atoms with Gasteiger partial charge in [-0.2, -0.15) is 0 Å². The average Bonchev–Trinajstić information content (AvgIpc) is 3.46. The van der Waals surface area contributed by atoms with Gasteiger partial charge in [-0.15, -0.1) is 11.3 Å². The maximum Gasteiger partial charge on any atom is 0.262 e. The van der Waals surface area contributed by atoms with Crippen molar-refractivity contribution in [3.63, 3.8) is 0 Å². The topological polar surface area (TPSA) is 64.0 Å². The van der Waals surface area contributed by atoms with Crippen molar-refractivity contribution in [3.05, 3.63) is 100 Å².